The Labute approximate surface area is 164 Å². The number of imidazole rings is 1. The molecule has 0 fully saturated rings. The molecular weight excluding hydrogens is 356 g/mol. The number of nitrogens with one attached hydrogen (secondary N) is 1. The van der Waals surface area contributed by atoms with Crippen LogP contribution in [0.25, 0.3) is 11.0 Å². The Hall–Kier alpha value is -2.31. The number of carbonyl (C=O) groups excluding carboxylic acids is 1. The summed E-state index contributed by atoms with van der Waals surface area (Å²) in [6.45, 7) is 3.52. The van der Waals surface area contributed by atoms with Crippen LogP contribution in [-0.4, -0.2) is 46.8 Å². The second-order valence-corrected chi connectivity index (χ2v) is 7.55. The number of para-hydroxylation sites is 2. The summed E-state index contributed by atoms with van der Waals surface area (Å²) in [5.74, 6) is 0.385. The van der Waals surface area contributed by atoms with E-state index < -0.39 is 0 Å². The first-order valence-electron chi connectivity index (χ1n) is 9.16. The molecule has 6 heteroatoms. The molecule has 1 amide bonds. The van der Waals surface area contributed by atoms with Crippen LogP contribution in [-0.2, 0) is 11.3 Å². The van der Waals surface area contributed by atoms with Gasteiger partial charge >= 0.3 is 0 Å². The molecule has 0 aliphatic carbocycles. The van der Waals surface area contributed by atoms with Gasteiger partial charge in [-0.1, -0.05) is 54.2 Å². The SMILES string of the molecule is CCn1c(SCC(=O)NCC(c2ccccc2)N(C)C)nc2ccccc21. The molecule has 0 radical (unpaired) electrons. The highest BCUT2D eigenvalue weighted by molar-refractivity contribution is 7.99. The molecule has 0 bridgehead atoms. The van der Waals surface area contributed by atoms with Crippen LogP contribution in [0.2, 0.25) is 0 Å². The van der Waals surface area contributed by atoms with Gasteiger partial charge in [0.1, 0.15) is 0 Å². The second-order valence-electron chi connectivity index (χ2n) is 6.61. The molecule has 0 saturated carbocycles. The van der Waals surface area contributed by atoms with Crippen LogP contribution in [0.5, 0.6) is 0 Å². The molecule has 142 valence electrons. The summed E-state index contributed by atoms with van der Waals surface area (Å²) < 4.78 is 2.15. The van der Waals surface area contributed by atoms with Gasteiger partial charge in [-0.2, -0.15) is 0 Å². The summed E-state index contributed by atoms with van der Waals surface area (Å²) >= 11 is 1.49. The normalized spacial score (nSPS) is 12.4. The summed E-state index contributed by atoms with van der Waals surface area (Å²) in [4.78, 5) is 19.2. The van der Waals surface area contributed by atoms with E-state index in [0.717, 1.165) is 22.7 Å². The Morgan fingerprint density at radius 3 is 2.56 bits per heavy atom. The molecule has 2 aromatic carbocycles. The van der Waals surface area contributed by atoms with E-state index in [1.165, 1.54) is 17.3 Å². The summed E-state index contributed by atoms with van der Waals surface area (Å²) in [7, 11) is 4.06. The Bertz CT molecular complexity index is 892. The molecule has 1 unspecified atom stereocenters. The number of hydrogen-bond acceptors (Lipinski definition) is 4. The fourth-order valence-corrected chi connectivity index (χ4v) is 4.04. The highest BCUT2D eigenvalue weighted by atomic mass is 32.2. The van der Waals surface area contributed by atoms with Crippen molar-refractivity contribution in [2.24, 2.45) is 0 Å². The van der Waals surface area contributed by atoms with Crippen LogP contribution in [0.3, 0.4) is 0 Å². The van der Waals surface area contributed by atoms with E-state index in [0.29, 0.717) is 12.3 Å². The average molecular weight is 383 g/mol. The minimum atomic E-state index is 0.0255. The number of likely N-dealkylation sites (N-methyl/N-ethyl adjacent to an activating group) is 1. The van der Waals surface area contributed by atoms with Crippen molar-refractivity contribution >= 4 is 28.7 Å². The van der Waals surface area contributed by atoms with Crippen molar-refractivity contribution in [3.8, 4) is 0 Å². The molecule has 3 aromatic rings. The van der Waals surface area contributed by atoms with Crippen molar-refractivity contribution < 1.29 is 4.79 Å². The number of hydrogen-bond donors (Lipinski definition) is 1. The number of benzene rings is 2. The number of aryl methyl sites for hydroxylation is 1. The monoisotopic (exact) mass is 382 g/mol. The zero-order valence-corrected chi connectivity index (χ0v) is 16.9. The maximum Gasteiger partial charge on any atom is 0.230 e. The molecule has 1 heterocycles. The first-order valence-corrected chi connectivity index (χ1v) is 10.1. The molecule has 1 aromatic heterocycles. The van der Waals surface area contributed by atoms with E-state index in [-0.39, 0.29) is 11.9 Å². The maximum absolute atomic E-state index is 12.4. The molecule has 1 N–H and O–H groups in total. The second kappa shape index (κ2) is 9.06. The summed E-state index contributed by atoms with van der Waals surface area (Å²) in [6, 6.07) is 18.5. The van der Waals surface area contributed by atoms with E-state index in [9.17, 15) is 4.79 Å². The maximum atomic E-state index is 12.4. The number of amides is 1. The van der Waals surface area contributed by atoms with Crippen molar-refractivity contribution in [2.75, 3.05) is 26.4 Å². The van der Waals surface area contributed by atoms with Gasteiger partial charge in [0.25, 0.3) is 0 Å². The van der Waals surface area contributed by atoms with Crippen LogP contribution >= 0.6 is 11.8 Å². The fraction of sp³-hybridized carbons (Fsp3) is 0.333. The Morgan fingerprint density at radius 1 is 1.15 bits per heavy atom. The lowest BCUT2D eigenvalue weighted by Crippen LogP contribution is -2.35. The largest absolute Gasteiger partial charge is 0.353 e. The van der Waals surface area contributed by atoms with Gasteiger partial charge in [0.05, 0.1) is 22.8 Å². The number of aromatic nitrogens is 2. The number of thioether (sulfide) groups is 1. The quantitative estimate of drug-likeness (QED) is 0.605. The molecule has 0 aliphatic heterocycles. The number of fused-ring (bicyclic) bond motifs is 1. The van der Waals surface area contributed by atoms with Gasteiger partial charge in [-0.05, 0) is 38.7 Å². The molecule has 1 atom stereocenters. The van der Waals surface area contributed by atoms with Crippen LogP contribution < -0.4 is 5.32 Å². The number of carbonyl (C=O) groups is 1. The number of nitrogens with zero attached hydrogens (tertiary/aromatic N) is 3. The molecule has 0 spiro atoms. The molecule has 0 aliphatic rings. The van der Waals surface area contributed by atoms with Gasteiger partial charge in [0.15, 0.2) is 5.16 Å². The third-order valence-corrected chi connectivity index (χ3v) is 5.54. The fourth-order valence-electron chi connectivity index (χ4n) is 3.13. The lowest BCUT2D eigenvalue weighted by molar-refractivity contribution is -0.118. The van der Waals surface area contributed by atoms with E-state index in [1.54, 1.807) is 0 Å². The van der Waals surface area contributed by atoms with E-state index in [1.807, 2.05) is 50.5 Å². The zero-order valence-electron chi connectivity index (χ0n) is 16.1. The van der Waals surface area contributed by atoms with E-state index in [4.69, 9.17) is 0 Å². The summed E-state index contributed by atoms with van der Waals surface area (Å²) in [5, 5.41) is 3.96. The first kappa shape index (κ1) is 19.5. The minimum Gasteiger partial charge on any atom is -0.353 e. The van der Waals surface area contributed by atoms with Crippen LogP contribution in [0.15, 0.2) is 59.8 Å². The Kier molecular flexibility index (Phi) is 6.53. The lowest BCUT2D eigenvalue weighted by Gasteiger charge is -2.25. The van der Waals surface area contributed by atoms with Crippen molar-refractivity contribution in [1.29, 1.82) is 0 Å². The van der Waals surface area contributed by atoms with Crippen LogP contribution in [0.1, 0.15) is 18.5 Å². The van der Waals surface area contributed by atoms with Crippen molar-refractivity contribution in [2.45, 2.75) is 24.7 Å². The molecule has 5 nitrogen and oxygen atoms in total. The van der Waals surface area contributed by atoms with Gasteiger partial charge in [-0.25, -0.2) is 4.98 Å². The Balaban J connectivity index is 1.60. The van der Waals surface area contributed by atoms with Crippen LogP contribution in [0.4, 0.5) is 0 Å². The van der Waals surface area contributed by atoms with Crippen molar-refractivity contribution in [1.82, 2.24) is 19.8 Å². The average Bonchev–Trinajstić information content (AvgIpc) is 3.04. The third-order valence-electron chi connectivity index (χ3n) is 4.57. The molecule has 3 rings (SSSR count). The predicted octanol–water partition coefficient (Wildman–Crippen LogP) is 3.57. The Morgan fingerprint density at radius 2 is 1.85 bits per heavy atom. The van der Waals surface area contributed by atoms with Crippen molar-refractivity contribution in [3.05, 3.63) is 60.2 Å². The van der Waals surface area contributed by atoms with Gasteiger partial charge in [0.2, 0.25) is 5.91 Å². The van der Waals surface area contributed by atoms with Gasteiger partial charge < -0.3 is 14.8 Å². The van der Waals surface area contributed by atoms with Crippen molar-refractivity contribution in [3.63, 3.8) is 0 Å². The van der Waals surface area contributed by atoms with Crippen LogP contribution in [0, 0.1) is 0 Å². The highest BCUT2D eigenvalue weighted by Crippen LogP contribution is 2.24. The van der Waals surface area contributed by atoms with Gasteiger partial charge in [0, 0.05) is 13.1 Å². The summed E-state index contributed by atoms with van der Waals surface area (Å²) in [5.41, 5.74) is 3.28. The predicted molar refractivity (Wildman–Crippen MR) is 112 cm³/mol. The highest BCUT2D eigenvalue weighted by Gasteiger charge is 2.16. The minimum absolute atomic E-state index is 0.0255. The molecular formula is C21H26N4OS. The molecule has 0 saturated heterocycles. The van der Waals surface area contributed by atoms with E-state index >= 15 is 0 Å². The smallest absolute Gasteiger partial charge is 0.230 e. The third kappa shape index (κ3) is 4.70. The summed E-state index contributed by atoms with van der Waals surface area (Å²) in [6.07, 6.45) is 0. The number of rotatable bonds is 8. The topological polar surface area (TPSA) is 50.2 Å². The van der Waals surface area contributed by atoms with Gasteiger partial charge in [-0.15, -0.1) is 0 Å². The molecule has 27 heavy (non-hydrogen) atoms. The van der Waals surface area contributed by atoms with Gasteiger partial charge in [-0.3, -0.25) is 4.79 Å². The van der Waals surface area contributed by atoms with E-state index in [2.05, 4.69) is 44.9 Å². The zero-order chi connectivity index (χ0) is 19.2. The standard InChI is InChI=1S/C21H26N4OS/c1-4-25-18-13-9-8-12-17(18)23-21(25)27-15-20(26)22-14-19(24(2)3)16-10-6-5-7-11-16/h5-13,19H,4,14-15H2,1-3H3,(H,22,26). The lowest BCUT2D eigenvalue weighted by atomic mass is 10.1. The first-order chi connectivity index (χ1) is 13.1.